The molecule has 0 amide bonds. The van der Waals surface area contributed by atoms with Crippen LogP contribution in [-0.2, 0) is 16.3 Å². The summed E-state index contributed by atoms with van der Waals surface area (Å²) in [6.07, 6.45) is 8.72. The zero-order chi connectivity index (χ0) is 28.4. The maximum absolute atomic E-state index is 12.8. The number of pyridine rings is 1. The zero-order valence-corrected chi connectivity index (χ0v) is 23.0. The quantitative estimate of drug-likeness (QED) is 0.272. The van der Waals surface area contributed by atoms with Crippen molar-refractivity contribution in [1.82, 2.24) is 29.7 Å². The maximum Gasteiger partial charge on any atom is 0.440 e. The summed E-state index contributed by atoms with van der Waals surface area (Å²) in [7, 11) is -3.74. The number of H-pyrrole nitrogens is 1. The summed E-state index contributed by atoms with van der Waals surface area (Å²) in [4.78, 5) is 25.1. The number of allylic oxidation sites excluding steroid dienone is 1. The number of sulfone groups is 1. The van der Waals surface area contributed by atoms with Crippen LogP contribution < -0.4 is 16.4 Å². The van der Waals surface area contributed by atoms with E-state index in [1.165, 1.54) is 4.52 Å². The number of nitrogen functional groups attached to an aromatic ring is 1. The van der Waals surface area contributed by atoms with E-state index in [-0.39, 0.29) is 29.1 Å². The van der Waals surface area contributed by atoms with Crippen LogP contribution in [0.25, 0.3) is 28.0 Å². The third-order valence-electron chi connectivity index (χ3n) is 6.48. The van der Waals surface area contributed by atoms with Gasteiger partial charge < -0.3 is 10.6 Å². The molecule has 5 rings (SSSR count). The molecule has 0 aliphatic rings. The highest BCUT2D eigenvalue weighted by Gasteiger charge is 2.25. The van der Waals surface area contributed by atoms with Crippen LogP contribution >= 0.6 is 0 Å². The number of nitrogens with zero attached hydrogens (tertiary/aromatic N) is 6. The molecule has 0 saturated carbocycles. The lowest BCUT2D eigenvalue weighted by atomic mass is 10.1. The number of benzene rings is 1. The molecule has 12 nitrogen and oxygen atoms in total. The van der Waals surface area contributed by atoms with Gasteiger partial charge in [0.2, 0.25) is 0 Å². The van der Waals surface area contributed by atoms with Crippen LogP contribution in [0.1, 0.15) is 26.0 Å². The smallest absolute Gasteiger partial charge is 0.382 e. The Bertz CT molecular complexity index is 1840. The first-order valence-electron chi connectivity index (χ1n) is 12.5. The molecule has 0 unspecified atom stereocenters. The normalized spacial score (nSPS) is 12.8. The molecule has 0 bridgehead atoms. The number of nitrogens with one attached hydrogen (secondary N) is 1. The fraction of sp³-hybridized carbons (Fsp3) is 0.222. The van der Waals surface area contributed by atoms with E-state index in [9.17, 15) is 13.2 Å². The topological polar surface area (TPSA) is 165 Å². The molecule has 0 aliphatic heterocycles. The van der Waals surface area contributed by atoms with Crippen molar-refractivity contribution in [3.8, 4) is 22.4 Å². The van der Waals surface area contributed by atoms with E-state index in [2.05, 4.69) is 24.7 Å². The predicted octanol–water partition coefficient (Wildman–Crippen LogP) is 3.48. The lowest BCUT2D eigenvalue weighted by molar-refractivity contribution is 0.385. The minimum atomic E-state index is -3.74. The molecule has 1 aromatic carbocycles. The third kappa shape index (κ3) is 5.23. The van der Waals surface area contributed by atoms with E-state index in [1.807, 2.05) is 56.3 Å². The van der Waals surface area contributed by atoms with Gasteiger partial charge in [0.25, 0.3) is 5.95 Å². The molecule has 5 aromatic rings. The Kier molecular flexibility index (Phi) is 7.22. The number of aromatic amines is 1. The minimum Gasteiger partial charge on any atom is -0.382 e. The summed E-state index contributed by atoms with van der Waals surface area (Å²) >= 11 is 0. The second-order valence-electron chi connectivity index (χ2n) is 9.33. The van der Waals surface area contributed by atoms with E-state index >= 15 is 0 Å². The number of rotatable bonds is 9. The Morgan fingerprint density at radius 1 is 1.15 bits per heavy atom. The Balaban J connectivity index is 1.52. The van der Waals surface area contributed by atoms with Crippen molar-refractivity contribution >= 4 is 27.3 Å². The van der Waals surface area contributed by atoms with Crippen LogP contribution in [0.3, 0.4) is 0 Å². The van der Waals surface area contributed by atoms with Crippen LogP contribution in [0.5, 0.6) is 0 Å². The molecule has 0 aliphatic carbocycles. The SMILES string of the molecule is C/C=C\N(c1noc(=O)[nH]1)[C@H](C)CCc1nc2c(-c3ccc(-c4ccccc4)nc3)cnn2c(N)c1S(C)(=O)=O. The molecule has 3 N–H and O–H groups in total. The van der Waals surface area contributed by atoms with Crippen LogP contribution in [0.4, 0.5) is 11.8 Å². The van der Waals surface area contributed by atoms with Crippen LogP contribution in [0.2, 0.25) is 0 Å². The molecular formula is C27H28N8O4S. The molecule has 40 heavy (non-hydrogen) atoms. The average Bonchev–Trinajstić information content (AvgIpc) is 3.56. The van der Waals surface area contributed by atoms with Gasteiger partial charge in [0.15, 0.2) is 15.5 Å². The molecular weight excluding hydrogens is 532 g/mol. The molecule has 4 heterocycles. The van der Waals surface area contributed by atoms with Crippen molar-refractivity contribution in [1.29, 1.82) is 0 Å². The zero-order valence-electron chi connectivity index (χ0n) is 22.1. The van der Waals surface area contributed by atoms with Crippen LogP contribution in [0, 0.1) is 0 Å². The van der Waals surface area contributed by atoms with Gasteiger partial charge in [-0.15, -0.1) is 0 Å². The van der Waals surface area contributed by atoms with Crippen LogP contribution in [0.15, 0.2) is 81.3 Å². The molecule has 4 aromatic heterocycles. The lowest BCUT2D eigenvalue weighted by Gasteiger charge is -2.24. The number of nitrogens with two attached hydrogens (primary N) is 1. The molecule has 206 valence electrons. The van der Waals surface area contributed by atoms with Gasteiger partial charge in [-0.05, 0) is 37.9 Å². The molecule has 13 heteroatoms. The van der Waals surface area contributed by atoms with Crippen molar-refractivity contribution in [2.75, 3.05) is 16.9 Å². The van der Waals surface area contributed by atoms with Crippen molar-refractivity contribution in [3.63, 3.8) is 0 Å². The van der Waals surface area contributed by atoms with Crippen molar-refractivity contribution in [2.45, 2.75) is 37.6 Å². The van der Waals surface area contributed by atoms with Crippen molar-refractivity contribution < 1.29 is 12.9 Å². The average molecular weight is 561 g/mol. The summed E-state index contributed by atoms with van der Waals surface area (Å²) in [5.41, 5.74) is 10.4. The number of fused-ring (bicyclic) bond motifs is 1. The van der Waals surface area contributed by atoms with Crippen LogP contribution in [-0.4, -0.2) is 50.4 Å². The van der Waals surface area contributed by atoms with Gasteiger partial charge in [-0.1, -0.05) is 42.5 Å². The Hall–Kier alpha value is -4.78. The number of hydrogen-bond donors (Lipinski definition) is 2. The fourth-order valence-electron chi connectivity index (χ4n) is 4.56. The van der Waals surface area contributed by atoms with Gasteiger partial charge in [-0.25, -0.2) is 18.2 Å². The summed E-state index contributed by atoms with van der Waals surface area (Å²) < 4.78 is 31.6. The van der Waals surface area contributed by atoms with Gasteiger partial charge in [0.1, 0.15) is 10.7 Å². The number of aromatic nitrogens is 6. The highest BCUT2D eigenvalue weighted by Crippen LogP contribution is 2.31. The summed E-state index contributed by atoms with van der Waals surface area (Å²) in [5.74, 6) is -0.441. The summed E-state index contributed by atoms with van der Waals surface area (Å²) in [6.45, 7) is 3.75. The first-order chi connectivity index (χ1) is 19.2. The number of anilines is 2. The number of hydrogen-bond acceptors (Lipinski definition) is 10. The van der Waals surface area contributed by atoms with Gasteiger partial charge in [-0.3, -0.25) is 14.5 Å². The maximum atomic E-state index is 12.8. The van der Waals surface area contributed by atoms with E-state index in [0.717, 1.165) is 23.1 Å². The highest BCUT2D eigenvalue weighted by atomic mass is 32.2. The number of aryl methyl sites for hydroxylation is 1. The molecule has 0 spiro atoms. The minimum absolute atomic E-state index is 0.0126. The first kappa shape index (κ1) is 26.8. The van der Waals surface area contributed by atoms with E-state index < -0.39 is 15.6 Å². The monoisotopic (exact) mass is 560 g/mol. The largest absolute Gasteiger partial charge is 0.440 e. The standard InChI is InChI=1S/C27H28N8O4S/c1-4-14-34(26-32-27(36)39-33-26)17(2)10-12-22-23(40(3,37)38)24(28)35-25(31-22)20(16-30-35)19-11-13-21(29-15-19)18-8-6-5-7-9-18/h4-9,11,13-17H,10,12,28H2,1-3H3,(H,32,33,36)/b14-4-/t17-/m1/s1. The Morgan fingerprint density at radius 3 is 2.55 bits per heavy atom. The van der Waals surface area contributed by atoms with Crippen molar-refractivity contribution in [3.05, 3.63) is 83.4 Å². The van der Waals surface area contributed by atoms with E-state index in [4.69, 9.17) is 10.7 Å². The lowest BCUT2D eigenvalue weighted by Crippen LogP contribution is -2.30. The second-order valence-corrected chi connectivity index (χ2v) is 11.3. The molecule has 1 atom stereocenters. The molecule has 0 fully saturated rings. The van der Waals surface area contributed by atoms with E-state index in [0.29, 0.717) is 23.3 Å². The molecule has 0 radical (unpaired) electrons. The van der Waals surface area contributed by atoms with Gasteiger partial charge >= 0.3 is 5.76 Å². The van der Waals surface area contributed by atoms with Gasteiger partial charge in [-0.2, -0.15) is 9.61 Å². The second kappa shape index (κ2) is 10.8. The van der Waals surface area contributed by atoms with E-state index in [1.54, 1.807) is 29.6 Å². The van der Waals surface area contributed by atoms with Gasteiger partial charge in [0.05, 0.1) is 17.6 Å². The fourth-order valence-corrected chi connectivity index (χ4v) is 5.61. The van der Waals surface area contributed by atoms with Gasteiger partial charge in [0, 0.05) is 41.4 Å². The summed E-state index contributed by atoms with van der Waals surface area (Å²) in [6, 6.07) is 13.4. The highest BCUT2D eigenvalue weighted by molar-refractivity contribution is 7.91. The Morgan fingerprint density at radius 2 is 1.93 bits per heavy atom. The first-order valence-corrected chi connectivity index (χ1v) is 14.4. The predicted molar refractivity (Wildman–Crippen MR) is 151 cm³/mol. The third-order valence-corrected chi connectivity index (χ3v) is 7.67. The molecule has 0 saturated heterocycles. The van der Waals surface area contributed by atoms with Crippen molar-refractivity contribution in [2.24, 2.45) is 0 Å². The summed E-state index contributed by atoms with van der Waals surface area (Å²) in [5, 5.41) is 8.12. The Labute approximate surface area is 230 Å².